The number of nitrogens with two attached hydrogens (primary N) is 1. The lowest BCUT2D eigenvalue weighted by atomic mass is 9.89. The molecule has 2 N–H and O–H groups in total. The Balaban J connectivity index is 1.78. The fraction of sp³-hybridized carbons (Fsp3) is 0.625. The van der Waals surface area contributed by atoms with Gasteiger partial charge in [-0.05, 0) is 37.6 Å². The van der Waals surface area contributed by atoms with E-state index in [4.69, 9.17) is 15.2 Å². The van der Waals surface area contributed by atoms with E-state index in [2.05, 4.69) is 24.1 Å². The summed E-state index contributed by atoms with van der Waals surface area (Å²) in [5.74, 6) is 1.63. The summed E-state index contributed by atoms with van der Waals surface area (Å²) in [6.45, 7) is 1.96. The van der Waals surface area contributed by atoms with Crippen LogP contribution in [0.4, 0.5) is 0 Å². The quantitative estimate of drug-likeness (QED) is 0.915. The summed E-state index contributed by atoms with van der Waals surface area (Å²) in [5.41, 5.74) is 7.50. The minimum Gasteiger partial charge on any atom is -0.493 e. The van der Waals surface area contributed by atoms with Crippen molar-refractivity contribution in [1.82, 2.24) is 4.90 Å². The monoisotopic (exact) mass is 276 g/mol. The van der Waals surface area contributed by atoms with E-state index in [-0.39, 0.29) is 11.6 Å². The highest BCUT2D eigenvalue weighted by molar-refractivity contribution is 5.45. The Hall–Kier alpha value is -1.26. The van der Waals surface area contributed by atoms with E-state index in [1.54, 1.807) is 7.11 Å². The van der Waals surface area contributed by atoms with E-state index in [9.17, 15) is 0 Å². The van der Waals surface area contributed by atoms with Gasteiger partial charge in [0.05, 0.1) is 7.11 Å². The molecule has 3 rings (SSSR count). The van der Waals surface area contributed by atoms with Crippen LogP contribution in [0, 0.1) is 0 Å². The van der Waals surface area contributed by atoms with Gasteiger partial charge in [-0.3, -0.25) is 4.90 Å². The molecule has 1 heterocycles. The van der Waals surface area contributed by atoms with Crippen LogP contribution < -0.4 is 15.2 Å². The predicted octanol–water partition coefficient (Wildman–Crippen LogP) is 2.12. The summed E-state index contributed by atoms with van der Waals surface area (Å²) in [5, 5.41) is 0. The van der Waals surface area contributed by atoms with Crippen molar-refractivity contribution < 1.29 is 9.47 Å². The van der Waals surface area contributed by atoms with Crippen molar-refractivity contribution >= 4 is 0 Å². The molecule has 1 saturated carbocycles. The second-order valence-corrected chi connectivity index (χ2v) is 6.19. The third-order valence-corrected chi connectivity index (χ3v) is 4.56. The van der Waals surface area contributed by atoms with E-state index < -0.39 is 0 Å². The van der Waals surface area contributed by atoms with Crippen LogP contribution in [0.25, 0.3) is 0 Å². The molecule has 0 amide bonds. The maximum atomic E-state index is 6.51. The largest absolute Gasteiger partial charge is 0.493 e. The molecule has 0 atom stereocenters. The first-order valence-electron chi connectivity index (χ1n) is 7.43. The van der Waals surface area contributed by atoms with Gasteiger partial charge in [0.15, 0.2) is 11.5 Å². The summed E-state index contributed by atoms with van der Waals surface area (Å²) >= 11 is 0. The topological polar surface area (TPSA) is 47.7 Å². The highest BCUT2D eigenvalue weighted by atomic mass is 16.5. The van der Waals surface area contributed by atoms with Gasteiger partial charge in [0.1, 0.15) is 6.10 Å². The van der Waals surface area contributed by atoms with Crippen LogP contribution in [0.15, 0.2) is 18.2 Å². The van der Waals surface area contributed by atoms with Crippen LogP contribution in [-0.4, -0.2) is 38.3 Å². The molecule has 0 spiro atoms. The molecule has 1 saturated heterocycles. The lowest BCUT2D eigenvalue weighted by molar-refractivity contribution is 0.0369. The fourth-order valence-corrected chi connectivity index (χ4v) is 3.27. The minimum absolute atomic E-state index is 0.178. The third kappa shape index (κ3) is 2.50. The van der Waals surface area contributed by atoms with Crippen LogP contribution in [0.2, 0.25) is 0 Å². The van der Waals surface area contributed by atoms with Gasteiger partial charge in [-0.1, -0.05) is 18.9 Å². The van der Waals surface area contributed by atoms with Crippen molar-refractivity contribution in [3.63, 3.8) is 0 Å². The van der Waals surface area contributed by atoms with Crippen molar-refractivity contribution in [2.45, 2.75) is 37.3 Å². The van der Waals surface area contributed by atoms with Gasteiger partial charge in [-0.2, -0.15) is 0 Å². The molecule has 1 aromatic rings. The van der Waals surface area contributed by atoms with Crippen molar-refractivity contribution in [2.24, 2.45) is 5.73 Å². The number of nitrogens with zero attached hydrogens (tertiary/aromatic N) is 1. The first kappa shape index (κ1) is 13.7. The Bertz CT molecular complexity index is 477. The van der Waals surface area contributed by atoms with E-state index in [1.807, 2.05) is 6.07 Å². The number of hydrogen-bond donors (Lipinski definition) is 1. The Morgan fingerprint density at radius 1 is 1.20 bits per heavy atom. The molecular weight excluding hydrogens is 252 g/mol. The van der Waals surface area contributed by atoms with Crippen LogP contribution in [0.1, 0.15) is 31.2 Å². The Morgan fingerprint density at radius 2 is 1.90 bits per heavy atom. The molecular formula is C16H24N2O2. The van der Waals surface area contributed by atoms with Crippen molar-refractivity contribution in [2.75, 3.05) is 27.2 Å². The normalized spacial score (nSPS) is 22.6. The van der Waals surface area contributed by atoms with Crippen LogP contribution >= 0.6 is 0 Å². The highest BCUT2D eigenvalue weighted by Crippen LogP contribution is 2.40. The lowest BCUT2D eigenvalue weighted by Gasteiger charge is -2.36. The van der Waals surface area contributed by atoms with Crippen LogP contribution in [-0.2, 0) is 5.54 Å². The molecule has 2 aliphatic rings. The van der Waals surface area contributed by atoms with Gasteiger partial charge in [0, 0.05) is 18.6 Å². The predicted molar refractivity (Wildman–Crippen MR) is 79.2 cm³/mol. The number of rotatable bonds is 4. The Labute approximate surface area is 120 Å². The molecule has 1 aliphatic carbocycles. The second kappa shape index (κ2) is 5.26. The summed E-state index contributed by atoms with van der Waals surface area (Å²) < 4.78 is 11.5. The average molecular weight is 276 g/mol. The molecule has 2 fully saturated rings. The van der Waals surface area contributed by atoms with E-state index in [0.717, 1.165) is 37.4 Å². The zero-order chi connectivity index (χ0) is 14.2. The summed E-state index contributed by atoms with van der Waals surface area (Å²) in [6, 6.07) is 6.17. The lowest BCUT2D eigenvalue weighted by Crippen LogP contribution is -2.51. The second-order valence-electron chi connectivity index (χ2n) is 6.19. The minimum atomic E-state index is -0.178. The molecule has 110 valence electrons. The summed E-state index contributed by atoms with van der Waals surface area (Å²) in [4.78, 5) is 2.24. The van der Waals surface area contributed by atoms with Crippen LogP contribution in [0.3, 0.4) is 0 Å². The number of hydrogen-bond acceptors (Lipinski definition) is 4. The Kier molecular flexibility index (Phi) is 3.61. The highest BCUT2D eigenvalue weighted by Gasteiger charge is 2.32. The molecule has 0 radical (unpaired) electrons. The van der Waals surface area contributed by atoms with Crippen molar-refractivity contribution in [3.8, 4) is 11.5 Å². The maximum Gasteiger partial charge on any atom is 0.161 e. The first-order valence-corrected chi connectivity index (χ1v) is 7.43. The number of methoxy groups -OCH3 is 1. The number of benzene rings is 1. The standard InChI is InChI=1S/C16H24N2O2/c1-18-10-13(11-18)20-14-6-5-12(9-15(14)19-2)16(17)7-3-4-8-16/h5-6,9,13H,3-4,7-8,10-11,17H2,1-2H3. The molecule has 1 aromatic carbocycles. The van der Waals surface area contributed by atoms with E-state index in [1.165, 1.54) is 18.4 Å². The van der Waals surface area contributed by atoms with Gasteiger partial charge in [-0.15, -0.1) is 0 Å². The summed E-state index contributed by atoms with van der Waals surface area (Å²) in [7, 11) is 3.79. The van der Waals surface area contributed by atoms with Crippen molar-refractivity contribution in [3.05, 3.63) is 23.8 Å². The molecule has 0 aromatic heterocycles. The zero-order valence-corrected chi connectivity index (χ0v) is 12.4. The number of ether oxygens (including phenoxy) is 2. The number of likely N-dealkylation sites (tertiary alicyclic amines) is 1. The SMILES string of the molecule is COc1cc(C2(N)CCCC2)ccc1OC1CN(C)C1. The third-order valence-electron chi connectivity index (χ3n) is 4.56. The Morgan fingerprint density at radius 3 is 2.50 bits per heavy atom. The van der Waals surface area contributed by atoms with Gasteiger partial charge in [0.25, 0.3) is 0 Å². The molecule has 4 heteroatoms. The smallest absolute Gasteiger partial charge is 0.161 e. The molecule has 20 heavy (non-hydrogen) atoms. The first-order chi connectivity index (χ1) is 9.60. The maximum absolute atomic E-state index is 6.51. The van der Waals surface area contributed by atoms with Gasteiger partial charge in [0.2, 0.25) is 0 Å². The molecule has 4 nitrogen and oxygen atoms in total. The summed E-state index contributed by atoms with van der Waals surface area (Å²) in [6.07, 6.45) is 4.82. The van der Waals surface area contributed by atoms with Gasteiger partial charge >= 0.3 is 0 Å². The molecule has 0 bridgehead atoms. The van der Waals surface area contributed by atoms with Crippen LogP contribution in [0.5, 0.6) is 11.5 Å². The van der Waals surface area contributed by atoms with Crippen molar-refractivity contribution in [1.29, 1.82) is 0 Å². The fourth-order valence-electron chi connectivity index (χ4n) is 3.27. The average Bonchev–Trinajstić information content (AvgIpc) is 2.85. The zero-order valence-electron chi connectivity index (χ0n) is 12.4. The van der Waals surface area contributed by atoms with Gasteiger partial charge in [-0.25, -0.2) is 0 Å². The van der Waals surface area contributed by atoms with E-state index in [0.29, 0.717) is 0 Å². The van der Waals surface area contributed by atoms with Gasteiger partial charge < -0.3 is 15.2 Å². The molecule has 0 unspecified atom stereocenters. The molecule has 1 aliphatic heterocycles. The number of likely N-dealkylation sites (N-methyl/N-ethyl adjacent to an activating group) is 1. The van der Waals surface area contributed by atoms with E-state index >= 15 is 0 Å².